The number of nitrogens with zero attached hydrogens (tertiary/aromatic N) is 1. The second-order valence-corrected chi connectivity index (χ2v) is 10.4. The minimum Gasteiger partial charge on any atom is -0.224 e. The summed E-state index contributed by atoms with van der Waals surface area (Å²) in [4.78, 5) is -0.108. The Bertz CT molecular complexity index is 971. The van der Waals surface area contributed by atoms with Crippen LogP contribution in [0.3, 0.4) is 0 Å². The molecule has 27 heavy (non-hydrogen) atoms. The van der Waals surface area contributed by atoms with Crippen LogP contribution < -0.4 is 0 Å². The van der Waals surface area contributed by atoms with Crippen LogP contribution in [-0.2, 0) is 26.4 Å². The molecular formula is C19H24FNO4S2. The van der Waals surface area contributed by atoms with Crippen molar-refractivity contribution in [3.63, 3.8) is 0 Å². The number of unbranched alkanes of at least 4 members (excludes halogenated alkanes) is 2. The van der Waals surface area contributed by atoms with Crippen molar-refractivity contribution in [2.75, 3.05) is 12.8 Å². The molecule has 0 aliphatic carbocycles. The lowest BCUT2D eigenvalue weighted by molar-refractivity contribution is 0.394. The Balaban J connectivity index is 2.38. The molecule has 0 atom stereocenters. The highest BCUT2D eigenvalue weighted by atomic mass is 32.2. The van der Waals surface area contributed by atoms with Gasteiger partial charge in [0, 0.05) is 19.3 Å². The number of sulfone groups is 1. The zero-order chi connectivity index (χ0) is 20.1. The number of hydrogen-bond donors (Lipinski definition) is 0. The first-order chi connectivity index (χ1) is 12.6. The number of halogens is 1. The van der Waals surface area contributed by atoms with E-state index in [1.54, 1.807) is 12.1 Å². The third kappa shape index (κ3) is 5.85. The van der Waals surface area contributed by atoms with E-state index in [2.05, 4.69) is 0 Å². The van der Waals surface area contributed by atoms with E-state index in [0.717, 1.165) is 19.1 Å². The summed E-state index contributed by atoms with van der Waals surface area (Å²) in [5.41, 5.74) is 0.663. The van der Waals surface area contributed by atoms with E-state index >= 15 is 0 Å². The van der Waals surface area contributed by atoms with Crippen LogP contribution in [-0.4, -0.2) is 33.9 Å². The van der Waals surface area contributed by atoms with Gasteiger partial charge in [0.25, 0.3) is 0 Å². The lowest BCUT2D eigenvalue weighted by Gasteiger charge is -2.22. The van der Waals surface area contributed by atoms with Crippen molar-refractivity contribution in [3.8, 4) is 0 Å². The average molecular weight is 414 g/mol. The zero-order valence-electron chi connectivity index (χ0n) is 15.4. The molecule has 0 aliphatic heterocycles. The molecule has 0 N–H and O–H groups in total. The van der Waals surface area contributed by atoms with Crippen molar-refractivity contribution in [1.82, 2.24) is 4.31 Å². The number of sulfonamides is 1. The summed E-state index contributed by atoms with van der Waals surface area (Å²) < 4.78 is 64.3. The molecular weight excluding hydrogens is 389 g/mol. The Labute approximate surface area is 160 Å². The van der Waals surface area contributed by atoms with Gasteiger partial charge in [-0.1, -0.05) is 38.0 Å². The summed E-state index contributed by atoms with van der Waals surface area (Å²) in [6.45, 7) is 2.42. The van der Waals surface area contributed by atoms with Gasteiger partial charge in [0.1, 0.15) is 5.82 Å². The first-order valence-electron chi connectivity index (χ1n) is 8.69. The minimum atomic E-state index is -3.90. The van der Waals surface area contributed by atoms with Crippen LogP contribution in [0, 0.1) is 5.82 Å². The van der Waals surface area contributed by atoms with Crippen molar-refractivity contribution < 1.29 is 21.2 Å². The molecule has 2 aromatic rings. The number of hydrogen-bond acceptors (Lipinski definition) is 4. The summed E-state index contributed by atoms with van der Waals surface area (Å²) in [6.07, 6.45) is 3.53. The molecule has 0 fully saturated rings. The molecule has 0 unspecified atom stereocenters. The predicted molar refractivity (Wildman–Crippen MR) is 103 cm³/mol. The van der Waals surface area contributed by atoms with E-state index in [4.69, 9.17) is 0 Å². The van der Waals surface area contributed by atoms with Gasteiger partial charge in [-0.05, 0) is 42.3 Å². The van der Waals surface area contributed by atoms with Gasteiger partial charge in [0.05, 0.1) is 9.79 Å². The summed E-state index contributed by atoms with van der Waals surface area (Å²) in [5, 5.41) is 0. The second-order valence-electron chi connectivity index (χ2n) is 6.42. The smallest absolute Gasteiger partial charge is 0.224 e. The lowest BCUT2D eigenvalue weighted by Crippen LogP contribution is -2.31. The van der Waals surface area contributed by atoms with Gasteiger partial charge in [-0.3, -0.25) is 0 Å². The quantitative estimate of drug-likeness (QED) is 0.589. The van der Waals surface area contributed by atoms with Gasteiger partial charge in [-0.15, -0.1) is 0 Å². The fourth-order valence-electron chi connectivity index (χ4n) is 2.63. The maximum Gasteiger partial charge on any atom is 0.243 e. The van der Waals surface area contributed by atoms with Crippen LogP contribution in [0.15, 0.2) is 58.3 Å². The van der Waals surface area contributed by atoms with E-state index in [1.165, 1.54) is 40.7 Å². The van der Waals surface area contributed by atoms with Crippen LogP contribution in [0.4, 0.5) is 4.39 Å². The highest BCUT2D eigenvalue weighted by Gasteiger charge is 2.25. The first-order valence-corrected chi connectivity index (χ1v) is 12.0. The van der Waals surface area contributed by atoms with Gasteiger partial charge in [-0.25, -0.2) is 21.2 Å². The van der Waals surface area contributed by atoms with Gasteiger partial charge < -0.3 is 0 Å². The highest BCUT2D eigenvalue weighted by molar-refractivity contribution is 7.91. The van der Waals surface area contributed by atoms with E-state index in [0.29, 0.717) is 18.5 Å². The number of benzene rings is 2. The van der Waals surface area contributed by atoms with Crippen molar-refractivity contribution in [2.24, 2.45) is 0 Å². The standard InChI is InChI=1S/C19H24FNO4S2/c1-3-4-5-13-21(15-16-9-11-17(20)12-10-16)27(24,25)19-8-6-7-18(14-19)26(2,22)23/h6-12,14H,3-5,13,15H2,1-2H3. The SMILES string of the molecule is CCCCCN(Cc1ccc(F)cc1)S(=O)(=O)c1cccc(S(C)(=O)=O)c1. The molecule has 0 saturated heterocycles. The van der Waals surface area contributed by atoms with Crippen LogP contribution in [0.2, 0.25) is 0 Å². The molecule has 0 aromatic heterocycles. The summed E-state index contributed by atoms with van der Waals surface area (Å²) in [6, 6.07) is 11.0. The molecule has 0 aliphatic rings. The third-order valence-electron chi connectivity index (χ3n) is 4.15. The fraction of sp³-hybridized carbons (Fsp3) is 0.368. The largest absolute Gasteiger partial charge is 0.243 e. The molecule has 2 rings (SSSR count). The summed E-state index contributed by atoms with van der Waals surface area (Å²) in [7, 11) is -7.42. The average Bonchev–Trinajstić information content (AvgIpc) is 2.62. The maximum atomic E-state index is 13.1. The lowest BCUT2D eigenvalue weighted by atomic mass is 10.2. The van der Waals surface area contributed by atoms with Crippen molar-refractivity contribution >= 4 is 19.9 Å². The molecule has 148 valence electrons. The predicted octanol–water partition coefficient (Wildman–Crippen LogP) is 3.61. The van der Waals surface area contributed by atoms with Gasteiger partial charge in [0.15, 0.2) is 9.84 Å². The Kier molecular flexibility index (Phi) is 7.13. The van der Waals surface area contributed by atoms with Gasteiger partial charge in [0.2, 0.25) is 10.0 Å². The molecule has 0 spiro atoms. The second kappa shape index (κ2) is 8.95. The van der Waals surface area contributed by atoms with Crippen LogP contribution in [0.1, 0.15) is 31.7 Å². The van der Waals surface area contributed by atoms with Crippen molar-refractivity contribution in [2.45, 2.75) is 42.5 Å². The van der Waals surface area contributed by atoms with Crippen LogP contribution >= 0.6 is 0 Å². The summed E-state index contributed by atoms with van der Waals surface area (Å²) >= 11 is 0. The normalized spacial score (nSPS) is 12.4. The van der Waals surface area contributed by atoms with Gasteiger partial charge >= 0.3 is 0 Å². The molecule has 8 heteroatoms. The molecule has 0 radical (unpaired) electrons. The van der Waals surface area contributed by atoms with E-state index < -0.39 is 19.9 Å². The van der Waals surface area contributed by atoms with E-state index in [-0.39, 0.29) is 22.2 Å². The zero-order valence-corrected chi connectivity index (χ0v) is 17.1. The summed E-state index contributed by atoms with van der Waals surface area (Å²) in [5.74, 6) is -0.389. The molecule has 2 aromatic carbocycles. The Hall–Kier alpha value is -1.77. The molecule has 0 saturated carbocycles. The molecule has 5 nitrogen and oxygen atoms in total. The van der Waals surface area contributed by atoms with E-state index in [1.807, 2.05) is 6.92 Å². The third-order valence-corrected chi connectivity index (χ3v) is 7.11. The Morgan fingerprint density at radius 1 is 0.926 bits per heavy atom. The first kappa shape index (κ1) is 21.5. The topological polar surface area (TPSA) is 71.5 Å². The Morgan fingerprint density at radius 3 is 2.15 bits per heavy atom. The van der Waals surface area contributed by atoms with Gasteiger partial charge in [-0.2, -0.15) is 4.31 Å². The maximum absolute atomic E-state index is 13.1. The fourth-order valence-corrected chi connectivity index (χ4v) is 4.88. The molecule has 0 amide bonds. The van der Waals surface area contributed by atoms with Crippen LogP contribution in [0.5, 0.6) is 0 Å². The Morgan fingerprint density at radius 2 is 1.56 bits per heavy atom. The van der Waals surface area contributed by atoms with Crippen molar-refractivity contribution in [3.05, 3.63) is 59.9 Å². The monoisotopic (exact) mass is 413 g/mol. The highest BCUT2D eigenvalue weighted by Crippen LogP contribution is 2.22. The minimum absolute atomic E-state index is 0.0427. The number of rotatable bonds is 9. The van der Waals surface area contributed by atoms with Crippen molar-refractivity contribution in [1.29, 1.82) is 0 Å². The molecule has 0 heterocycles. The van der Waals surface area contributed by atoms with Crippen LogP contribution in [0.25, 0.3) is 0 Å². The van der Waals surface area contributed by atoms with E-state index in [9.17, 15) is 21.2 Å². The molecule has 0 bridgehead atoms.